The topological polar surface area (TPSA) is 73.3 Å². The molecule has 2 atom stereocenters. The van der Waals surface area contributed by atoms with Crippen molar-refractivity contribution in [3.05, 3.63) is 23.3 Å². The molecule has 2 N–H and O–H groups in total. The Balaban J connectivity index is 0.00000341. The Bertz CT molecular complexity index is 696. The van der Waals surface area contributed by atoms with Gasteiger partial charge in [-0.1, -0.05) is 0 Å². The molecule has 2 aliphatic heterocycles. The molecular weight excluding hydrogens is 509 g/mol. The van der Waals surface area contributed by atoms with Crippen LogP contribution in [-0.4, -0.2) is 58.2 Å². The van der Waals surface area contributed by atoms with Crippen molar-refractivity contribution in [3.63, 3.8) is 0 Å². The van der Waals surface area contributed by atoms with Crippen LogP contribution >= 0.6 is 24.0 Å². The average molecular weight is 547 g/mol. The summed E-state index contributed by atoms with van der Waals surface area (Å²) in [6.07, 6.45) is 3.20. The quantitative estimate of drug-likeness (QED) is 0.191. The van der Waals surface area contributed by atoms with Crippen LogP contribution in [0.4, 0.5) is 0 Å². The minimum atomic E-state index is 0. The number of hydrogen-bond donors (Lipinski definition) is 2. The summed E-state index contributed by atoms with van der Waals surface area (Å²) < 4.78 is 22.9. The average Bonchev–Trinajstić information content (AvgIpc) is 3.37. The maximum absolute atomic E-state index is 5.92. The predicted octanol–water partition coefficient (Wildman–Crippen LogP) is 3.53. The number of hydrogen-bond acceptors (Lipinski definition) is 5. The normalized spacial score (nSPS) is 20.0. The molecule has 2 unspecified atom stereocenters. The maximum Gasteiger partial charge on any atom is 0.191 e. The molecule has 0 bridgehead atoms. The first-order valence-corrected chi connectivity index (χ1v) is 11.3. The van der Waals surface area contributed by atoms with Crippen molar-refractivity contribution in [3.8, 4) is 11.5 Å². The second-order valence-electron chi connectivity index (χ2n) is 7.91. The highest BCUT2D eigenvalue weighted by molar-refractivity contribution is 14.0. The zero-order chi connectivity index (χ0) is 21.2. The second kappa shape index (κ2) is 14.0. The van der Waals surface area contributed by atoms with E-state index in [2.05, 4.69) is 36.6 Å². The Morgan fingerprint density at radius 3 is 2.87 bits per heavy atom. The van der Waals surface area contributed by atoms with Gasteiger partial charge in [-0.2, -0.15) is 0 Å². The van der Waals surface area contributed by atoms with E-state index in [1.165, 1.54) is 5.56 Å². The van der Waals surface area contributed by atoms with Crippen LogP contribution in [0.15, 0.2) is 17.1 Å². The van der Waals surface area contributed by atoms with Gasteiger partial charge in [0.05, 0.1) is 26.4 Å². The lowest BCUT2D eigenvalue weighted by atomic mass is 10.1. The molecule has 0 radical (unpaired) electrons. The lowest BCUT2D eigenvalue weighted by Gasteiger charge is -2.14. The molecule has 0 aliphatic carbocycles. The van der Waals surface area contributed by atoms with Crippen molar-refractivity contribution < 1.29 is 18.9 Å². The molecule has 0 amide bonds. The van der Waals surface area contributed by atoms with Gasteiger partial charge in [-0.05, 0) is 45.7 Å². The summed E-state index contributed by atoms with van der Waals surface area (Å²) in [7, 11) is 0. The number of ether oxygens (including phenoxy) is 4. The molecule has 8 heteroatoms. The highest BCUT2D eigenvalue weighted by Crippen LogP contribution is 2.35. The molecule has 0 saturated carbocycles. The van der Waals surface area contributed by atoms with Crippen molar-refractivity contribution >= 4 is 29.9 Å². The second-order valence-corrected chi connectivity index (χ2v) is 7.91. The van der Waals surface area contributed by atoms with Gasteiger partial charge in [0.25, 0.3) is 0 Å². The first-order valence-electron chi connectivity index (χ1n) is 11.3. The van der Waals surface area contributed by atoms with Gasteiger partial charge < -0.3 is 29.6 Å². The van der Waals surface area contributed by atoms with E-state index in [9.17, 15) is 0 Å². The number of halogens is 1. The molecule has 31 heavy (non-hydrogen) atoms. The molecule has 2 aliphatic rings. The van der Waals surface area contributed by atoms with E-state index in [1.54, 1.807) is 0 Å². The van der Waals surface area contributed by atoms with Crippen LogP contribution < -0.4 is 20.1 Å². The fourth-order valence-electron chi connectivity index (χ4n) is 3.75. The molecular formula is C23H38IN3O4. The van der Waals surface area contributed by atoms with Crippen molar-refractivity contribution in [2.45, 2.75) is 52.7 Å². The molecule has 7 nitrogen and oxygen atoms in total. The lowest BCUT2D eigenvalue weighted by molar-refractivity contribution is 0.0888. The van der Waals surface area contributed by atoms with Gasteiger partial charge in [0.1, 0.15) is 17.6 Å². The van der Waals surface area contributed by atoms with Crippen LogP contribution in [0.3, 0.4) is 0 Å². The first-order chi connectivity index (χ1) is 14.7. The third-order valence-electron chi connectivity index (χ3n) is 5.27. The maximum atomic E-state index is 5.92. The third kappa shape index (κ3) is 8.31. The Morgan fingerprint density at radius 1 is 1.26 bits per heavy atom. The molecule has 1 aromatic rings. The van der Waals surface area contributed by atoms with Crippen molar-refractivity contribution in [1.82, 2.24) is 10.6 Å². The smallest absolute Gasteiger partial charge is 0.191 e. The standard InChI is InChI=1S/C23H37N3O4.HI/c1-4-24-23(25-8-6-9-27-15-18-7-10-28-16-18)26-14-20-13-22-19(11-17(3)30-22)12-21(20)29-5-2;/h12-13,17-18H,4-11,14-16H2,1-3H3,(H2,24,25,26);1H. The Kier molecular flexibility index (Phi) is 11.7. The summed E-state index contributed by atoms with van der Waals surface area (Å²) in [4.78, 5) is 4.75. The number of fused-ring (bicyclic) bond motifs is 1. The number of benzene rings is 1. The SMILES string of the molecule is CCNC(=NCc1cc2c(cc1OCC)CC(C)O2)NCCCOCC1CCOC1.I. The summed E-state index contributed by atoms with van der Waals surface area (Å²) in [5, 5.41) is 6.70. The molecule has 0 aromatic heterocycles. The highest BCUT2D eigenvalue weighted by Gasteiger charge is 2.21. The first kappa shape index (κ1) is 26.0. The molecule has 2 heterocycles. The van der Waals surface area contributed by atoms with E-state index < -0.39 is 0 Å². The fraction of sp³-hybridized carbons (Fsp3) is 0.696. The number of aliphatic imine (C=N–C) groups is 1. The highest BCUT2D eigenvalue weighted by atomic mass is 127. The lowest BCUT2D eigenvalue weighted by Crippen LogP contribution is -2.38. The van der Waals surface area contributed by atoms with Gasteiger partial charge in [-0.3, -0.25) is 0 Å². The zero-order valence-corrected chi connectivity index (χ0v) is 21.4. The largest absolute Gasteiger partial charge is 0.494 e. The van der Waals surface area contributed by atoms with Crippen LogP contribution in [0.2, 0.25) is 0 Å². The van der Waals surface area contributed by atoms with E-state index in [4.69, 9.17) is 23.9 Å². The van der Waals surface area contributed by atoms with Crippen LogP contribution in [0.1, 0.15) is 44.7 Å². The van der Waals surface area contributed by atoms with E-state index in [0.717, 1.165) is 81.8 Å². The predicted molar refractivity (Wildman–Crippen MR) is 134 cm³/mol. The van der Waals surface area contributed by atoms with Crippen LogP contribution in [0.5, 0.6) is 11.5 Å². The van der Waals surface area contributed by atoms with E-state index >= 15 is 0 Å². The van der Waals surface area contributed by atoms with Gasteiger partial charge in [0, 0.05) is 49.8 Å². The van der Waals surface area contributed by atoms with Crippen molar-refractivity contribution in [2.24, 2.45) is 10.9 Å². The molecule has 1 aromatic carbocycles. The van der Waals surface area contributed by atoms with Gasteiger partial charge in [-0.15, -0.1) is 24.0 Å². The Labute approximate surface area is 203 Å². The monoisotopic (exact) mass is 547 g/mol. The molecule has 3 rings (SSSR count). The zero-order valence-electron chi connectivity index (χ0n) is 19.1. The minimum absolute atomic E-state index is 0. The molecule has 1 fully saturated rings. The summed E-state index contributed by atoms with van der Waals surface area (Å²) in [5.41, 5.74) is 2.26. The van der Waals surface area contributed by atoms with Gasteiger partial charge in [0.15, 0.2) is 5.96 Å². The summed E-state index contributed by atoms with van der Waals surface area (Å²) >= 11 is 0. The number of nitrogens with zero attached hydrogens (tertiary/aromatic N) is 1. The molecule has 176 valence electrons. The van der Waals surface area contributed by atoms with Crippen LogP contribution in [0.25, 0.3) is 0 Å². The molecule has 1 saturated heterocycles. The summed E-state index contributed by atoms with van der Waals surface area (Å²) in [6.45, 7) is 12.2. The van der Waals surface area contributed by atoms with Gasteiger partial charge in [-0.25, -0.2) is 4.99 Å². The van der Waals surface area contributed by atoms with Gasteiger partial charge >= 0.3 is 0 Å². The molecule has 0 spiro atoms. The Hall–Kier alpha value is -1.26. The van der Waals surface area contributed by atoms with Crippen molar-refractivity contribution in [1.29, 1.82) is 0 Å². The van der Waals surface area contributed by atoms with Crippen LogP contribution in [-0.2, 0) is 22.4 Å². The van der Waals surface area contributed by atoms with Crippen LogP contribution in [0, 0.1) is 5.92 Å². The minimum Gasteiger partial charge on any atom is -0.494 e. The number of rotatable bonds is 11. The summed E-state index contributed by atoms with van der Waals surface area (Å²) in [6, 6.07) is 4.19. The summed E-state index contributed by atoms with van der Waals surface area (Å²) in [5.74, 6) is 3.23. The van der Waals surface area contributed by atoms with E-state index in [0.29, 0.717) is 19.1 Å². The third-order valence-corrected chi connectivity index (χ3v) is 5.27. The fourth-order valence-corrected chi connectivity index (χ4v) is 3.75. The van der Waals surface area contributed by atoms with Gasteiger partial charge in [0.2, 0.25) is 0 Å². The van der Waals surface area contributed by atoms with Crippen molar-refractivity contribution in [2.75, 3.05) is 46.1 Å². The number of guanidine groups is 1. The van der Waals surface area contributed by atoms with E-state index in [1.807, 2.05) is 6.92 Å². The Morgan fingerprint density at radius 2 is 2.13 bits per heavy atom. The number of nitrogens with one attached hydrogen (secondary N) is 2. The van der Waals surface area contributed by atoms with E-state index in [-0.39, 0.29) is 30.1 Å².